The molecule has 2 aliphatic rings. The third-order valence-electron chi connectivity index (χ3n) is 8.79. The summed E-state index contributed by atoms with van der Waals surface area (Å²) in [7, 11) is -3.89. The number of rotatable bonds is 15. The van der Waals surface area contributed by atoms with Gasteiger partial charge in [0, 0.05) is 18.2 Å². The Balaban J connectivity index is 1.26. The Kier molecular flexibility index (Phi) is 11.3. The lowest BCUT2D eigenvalue weighted by atomic mass is 10.0. The Bertz CT molecular complexity index is 2220. The lowest BCUT2D eigenvalue weighted by Crippen LogP contribution is -2.36. The lowest BCUT2D eigenvalue weighted by Gasteiger charge is -2.23. The molecule has 2 amide bonds. The molecule has 1 fully saturated rings. The number of aromatic nitrogens is 2. The summed E-state index contributed by atoms with van der Waals surface area (Å²) in [5.74, 6) is -2.78. The molecule has 13 nitrogen and oxygen atoms in total. The molecule has 0 saturated heterocycles. The van der Waals surface area contributed by atoms with Crippen LogP contribution in [0.1, 0.15) is 62.0 Å². The molecule has 18 heteroatoms. The van der Waals surface area contributed by atoms with Gasteiger partial charge < -0.3 is 19.4 Å². The zero-order valence-corrected chi connectivity index (χ0v) is 31.0. The molecule has 1 unspecified atom stereocenters. The molecule has 1 aliphatic heterocycles. The van der Waals surface area contributed by atoms with Gasteiger partial charge in [0.05, 0.1) is 41.9 Å². The van der Waals surface area contributed by atoms with Crippen molar-refractivity contribution in [2.45, 2.75) is 45.4 Å². The average molecular weight is 806 g/mol. The Morgan fingerprint density at radius 2 is 1.76 bits per heavy atom. The van der Waals surface area contributed by atoms with Gasteiger partial charge in [-0.2, -0.15) is 13.5 Å². The average Bonchev–Trinajstić information content (AvgIpc) is 3.90. The molecule has 3 heterocycles. The molecule has 4 aromatic rings. The van der Waals surface area contributed by atoms with E-state index in [9.17, 15) is 36.8 Å². The van der Waals surface area contributed by atoms with Crippen LogP contribution in [0.3, 0.4) is 0 Å². The van der Waals surface area contributed by atoms with Gasteiger partial charge in [-0.15, -0.1) is 0 Å². The van der Waals surface area contributed by atoms with E-state index in [1.54, 1.807) is 19.1 Å². The summed E-state index contributed by atoms with van der Waals surface area (Å²) >= 11 is 12.7. The van der Waals surface area contributed by atoms with Crippen LogP contribution >= 0.6 is 23.2 Å². The van der Waals surface area contributed by atoms with Crippen molar-refractivity contribution >= 4 is 56.7 Å². The van der Waals surface area contributed by atoms with E-state index in [0.717, 1.165) is 41.4 Å². The lowest BCUT2D eigenvalue weighted by molar-refractivity contribution is -0.605. The van der Waals surface area contributed by atoms with E-state index in [0.29, 0.717) is 15.3 Å². The summed E-state index contributed by atoms with van der Waals surface area (Å²) in [6.07, 6.45) is 4.97. The van der Waals surface area contributed by atoms with Crippen LogP contribution in [0.5, 0.6) is 11.5 Å². The van der Waals surface area contributed by atoms with Crippen LogP contribution in [0.15, 0.2) is 67.1 Å². The number of fused-ring (bicyclic) bond motifs is 1. The molecule has 1 atom stereocenters. The van der Waals surface area contributed by atoms with Crippen LogP contribution in [-0.4, -0.2) is 62.1 Å². The minimum Gasteiger partial charge on any atom is -0.619 e. The van der Waals surface area contributed by atoms with Gasteiger partial charge in [0.1, 0.15) is 22.7 Å². The number of imide groups is 1. The van der Waals surface area contributed by atoms with Crippen LogP contribution in [0, 0.1) is 18.0 Å². The standard InChI is InChI=1S/C36H32Cl2F2N4O9S/c1-20-4-3-11-41-29(20)17-44(54(2,49)50)23-8-9-24-25(13-23)35(47)43(34(24)46)18-33(45)52-31(14-26-27(37)15-42(48)16-28(26)38)22-7-10-30(53-36(39)40)32(12-22)51-19-21-5-6-21/h3-4,7-13,15-16,21,31,36H,5-6,14,17-19H2,1-2H3. The first-order valence-corrected chi connectivity index (χ1v) is 19.1. The Hall–Kier alpha value is -5.06. The molecule has 54 heavy (non-hydrogen) atoms. The van der Waals surface area contributed by atoms with Gasteiger partial charge in [-0.05, 0) is 73.2 Å². The number of sulfonamides is 1. The van der Waals surface area contributed by atoms with E-state index < -0.39 is 47.1 Å². The van der Waals surface area contributed by atoms with Crippen molar-refractivity contribution in [3.05, 3.63) is 116 Å². The van der Waals surface area contributed by atoms with Crippen LogP contribution in [0.25, 0.3) is 0 Å². The first-order valence-electron chi connectivity index (χ1n) is 16.4. The molecular formula is C36H32Cl2F2N4O9S. The van der Waals surface area contributed by atoms with E-state index in [-0.39, 0.29) is 75.0 Å². The van der Waals surface area contributed by atoms with Gasteiger partial charge in [-0.1, -0.05) is 35.3 Å². The van der Waals surface area contributed by atoms with Crippen LogP contribution in [-0.2, 0) is 32.5 Å². The van der Waals surface area contributed by atoms with E-state index in [1.807, 2.05) is 0 Å². The minimum absolute atomic E-state index is 0.0408. The molecular weight excluding hydrogens is 773 g/mol. The number of carbonyl (C=O) groups is 3. The maximum Gasteiger partial charge on any atom is 0.387 e. The maximum atomic E-state index is 13.6. The maximum absolute atomic E-state index is 13.6. The quantitative estimate of drug-likeness (QED) is 0.0621. The fourth-order valence-corrected chi connectivity index (χ4v) is 7.24. The third kappa shape index (κ3) is 8.83. The van der Waals surface area contributed by atoms with Crippen molar-refractivity contribution in [2.24, 2.45) is 5.92 Å². The summed E-state index contributed by atoms with van der Waals surface area (Å²) in [5, 5.41) is 11.8. The summed E-state index contributed by atoms with van der Waals surface area (Å²) in [6, 6.07) is 11.4. The normalized spacial score (nSPS) is 14.6. The Labute approximate surface area is 318 Å². The topological polar surface area (TPSA) is 159 Å². The smallest absolute Gasteiger partial charge is 0.387 e. The fraction of sp³-hybridized carbons (Fsp3) is 0.306. The van der Waals surface area contributed by atoms with Gasteiger partial charge in [0.15, 0.2) is 23.9 Å². The molecule has 2 aromatic carbocycles. The van der Waals surface area contributed by atoms with Gasteiger partial charge in [0.2, 0.25) is 10.0 Å². The van der Waals surface area contributed by atoms with Gasteiger partial charge in [0.25, 0.3) is 11.8 Å². The zero-order chi connectivity index (χ0) is 38.9. The molecule has 0 spiro atoms. The van der Waals surface area contributed by atoms with Gasteiger partial charge in [-0.25, -0.2) is 8.42 Å². The number of pyridine rings is 2. The number of amides is 2. The highest BCUT2D eigenvalue weighted by Crippen LogP contribution is 2.38. The van der Waals surface area contributed by atoms with Gasteiger partial charge in [-0.3, -0.25) is 28.6 Å². The highest BCUT2D eigenvalue weighted by Gasteiger charge is 2.39. The number of aryl methyl sites for hydroxylation is 1. The van der Waals surface area contributed by atoms with Crippen molar-refractivity contribution in [3.63, 3.8) is 0 Å². The number of carbonyl (C=O) groups excluding carboxylic acids is 3. The van der Waals surface area contributed by atoms with E-state index in [1.165, 1.54) is 42.6 Å². The first kappa shape index (κ1) is 38.7. The highest BCUT2D eigenvalue weighted by atomic mass is 35.5. The van der Waals surface area contributed by atoms with Crippen LogP contribution < -0.4 is 18.5 Å². The van der Waals surface area contributed by atoms with Crippen LogP contribution in [0.4, 0.5) is 14.5 Å². The molecule has 0 N–H and O–H groups in total. The molecule has 6 rings (SSSR count). The molecule has 284 valence electrons. The number of nitrogens with zero attached hydrogens (tertiary/aromatic N) is 4. The van der Waals surface area contributed by atoms with Crippen molar-refractivity contribution in [1.29, 1.82) is 0 Å². The number of anilines is 1. The van der Waals surface area contributed by atoms with Crippen LogP contribution in [0.2, 0.25) is 10.0 Å². The van der Waals surface area contributed by atoms with Crippen molar-refractivity contribution in [2.75, 3.05) is 23.7 Å². The summed E-state index contributed by atoms with van der Waals surface area (Å²) in [5.41, 5.74) is 1.58. The van der Waals surface area contributed by atoms with Crippen molar-refractivity contribution in [3.8, 4) is 11.5 Å². The summed E-state index contributed by atoms with van der Waals surface area (Å²) < 4.78 is 69.9. The highest BCUT2D eigenvalue weighted by molar-refractivity contribution is 7.92. The number of ether oxygens (including phenoxy) is 3. The predicted octanol–water partition coefficient (Wildman–Crippen LogP) is 5.81. The Morgan fingerprint density at radius 1 is 1.06 bits per heavy atom. The number of esters is 1. The SMILES string of the molecule is Cc1cccnc1CN(c1ccc2c(c1)C(=O)N(CC(=O)OC(Cc1c(Cl)c[n+]([O-])cc1Cl)c1ccc(OC(F)F)c(OCC3CC3)c1)C2=O)S(C)(=O)=O. The summed E-state index contributed by atoms with van der Waals surface area (Å²) in [4.78, 5) is 45.5. The minimum atomic E-state index is -3.89. The van der Waals surface area contributed by atoms with Crippen molar-refractivity contribution < 1.29 is 50.5 Å². The Morgan fingerprint density at radius 3 is 2.41 bits per heavy atom. The number of halogens is 4. The first-order chi connectivity index (χ1) is 25.6. The third-order valence-corrected chi connectivity index (χ3v) is 10.6. The second kappa shape index (κ2) is 15.7. The van der Waals surface area contributed by atoms with E-state index in [4.69, 9.17) is 32.7 Å². The fourth-order valence-electron chi connectivity index (χ4n) is 5.78. The molecule has 1 saturated carbocycles. The number of hydrogen-bond donors (Lipinski definition) is 0. The van der Waals surface area contributed by atoms with E-state index >= 15 is 0 Å². The molecule has 0 bridgehead atoms. The molecule has 0 radical (unpaired) electrons. The number of hydrogen-bond acceptors (Lipinski definition) is 10. The molecule has 2 aromatic heterocycles. The number of benzene rings is 2. The zero-order valence-electron chi connectivity index (χ0n) is 28.7. The van der Waals surface area contributed by atoms with Gasteiger partial charge >= 0.3 is 12.6 Å². The van der Waals surface area contributed by atoms with E-state index in [2.05, 4.69) is 9.72 Å². The molecule has 1 aliphatic carbocycles. The largest absolute Gasteiger partial charge is 0.619 e. The summed E-state index contributed by atoms with van der Waals surface area (Å²) in [6.45, 7) is -2.13. The predicted molar refractivity (Wildman–Crippen MR) is 191 cm³/mol. The number of alkyl halides is 2. The second-order valence-electron chi connectivity index (χ2n) is 12.8. The second-order valence-corrected chi connectivity index (χ2v) is 15.5. The van der Waals surface area contributed by atoms with Crippen molar-refractivity contribution in [1.82, 2.24) is 9.88 Å². The monoisotopic (exact) mass is 804 g/mol.